The molecule has 0 amide bonds. The van der Waals surface area contributed by atoms with Crippen molar-refractivity contribution < 1.29 is 4.92 Å². The Bertz CT molecular complexity index is 452. The smallest absolute Gasteiger partial charge is 0.358 e. The summed E-state index contributed by atoms with van der Waals surface area (Å²) in [5.41, 5.74) is 1.03. The van der Waals surface area contributed by atoms with Crippen LogP contribution >= 0.6 is 0 Å². The molecule has 2 aromatic heterocycles. The van der Waals surface area contributed by atoms with Gasteiger partial charge in [-0.15, -0.1) is 0 Å². The van der Waals surface area contributed by atoms with E-state index in [1.807, 2.05) is 0 Å². The number of hydrogen-bond acceptors (Lipinski definition) is 4. The van der Waals surface area contributed by atoms with Crippen molar-refractivity contribution in [1.82, 2.24) is 15.2 Å². The lowest BCUT2D eigenvalue weighted by Crippen LogP contribution is -1.94. The van der Waals surface area contributed by atoms with Crippen LogP contribution in [0.15, 0.2) is 30.6 Å². The van der Waals surface area contributed by atoms with Crippen molar-refractivity contribution in [3.63, 3.8) is 0 Å². The van der Waals surface area contributed by atoms with Crippen LogP contribution in [0.2, 0.25) is 0 Å². The van der Waals surface area contributed by atoms with Crippen LogP contribution in [0.3, 0.4) is 0 Å². The highest BCUT2D eigenvalue weighted by atomic mass is 16.6. The first-order valence-corrected chi connectivity index (χ1v) is 3.88. The van der Waals surface area contributed by atoms with Gasteiger partial charge in [0.1, 0.15) is 6.20 Å². The van der Waals surface area contributed by atoms with Crippen molar-refractivity contribution in [1.29, 1.82) is 0 Å². The first kappa shape index (κ1) is 8.36. The SMILES string of the molecule is O=[N+]([O-])c1ncccc1-c1ccn[nH]1. The maximum Gasteiger partial charge on any atom is 0.372 e. The van der Waals surface area contributed by atoms with Crippen molar-refractivity contribution in [2.24, 2.45) is 0 Å². The average Bonchev–Trinajstić information content (AvgIpc) is 2.70. The number of nitro groups is 1. The van der Waals surface area contributed by atoms with E-state index in [1.54, 1.807) is 18.2 Å². The molecule has 14 heavy (non-hydrogen) atoms. The third kappa shape index (κ3) is 1.33. The molecule has 0 fully saturated rings. The summed E-state index contributed by atoms with van der Waals surface area (Å²) in [6.07, 6.45) is 2.92. The molecule has 1 N–H and O–H groups in total. The lowest BCUT2D eigenvalue weighted by Gasteiger charge is -1.97. The van der Waals surface area contributed by atoms with Gasteiger partial charge in [-0.05, 0) is 28.1 Å². The highest BCUT2D eigenvalue weighted by molar-refractivity contribution is 5.67. The molecule has 6 heteroatoms. The summed E-state index contributed by atoms with van der Waals surface area (Å²) in [4.78, 5) is 13.8. The standard InChI is InChI=1S/C8H6N4O2/c13-12(14)8-6(2-1-4-9-8)7-3-5-10-11-7/h1-5H,(H,10,11). The van der Waals surface area contributed by atoms with Gasteiger partial charge in [-0.25, -0.2) is 0 Å². The fourth-order valence-corrected chi connectivity index (χ4v) is 1.16. The lowest BCUT2D eigenvalue weighted by molar-refractivity contribution is -0.388. The average molecular weight is 190 g/mol. The highest BCUT2D eigenvalue weighted by Gasteiger charge is 2.16. The van der Waals surface area contributed by atoms with Crippen LogP contribution in [0, 0.1) is 10.1 Å². The molecular formula is C8H6N4O2. The topological polar surface area (TPSA) is 84.7 Å². The third-order valence-electron chi connectivity index (χ3n) is 1.75. The number of nitrogens with one attached hydrogen (secondary N) is 1. The second kappa shape index (κ2) is 3.25. The Kier molecular flexibility index (Phi) is 1.94. The van der Waals surface area contributed by atoms with Crippen molar-refractivity contribution in [2.45, 2.75) is 0 Å². The van der Waals surface area contributed by atoms with Gasteiger partial charge in [-0.2, -0.15) is 5.10 Å². The van der Waals surface area contributed by atoms with E-state index in [0.29, 0.717) is 11.3 Å². The van der Waals surface area contributed by atoms with Crippen LogP contribution in [-0.2, 0) is 0 Å². The molecule has 2 aromatic rings. The van der Waals surface area contributed by atoms with Crippen LogP contribution in [0.1, 0.15) is 0 Å². The van der Waals surface area contributed by atoms with Crippen molar-refractivity contribution in [2.75, 3.05) is 0 Å². The lowest BCUT2D eigenvalue weighted by atomic mass is 10.2. The van der Waals surface area contributed by atoms with Gasteiger partial charge in [0.25, 0.3) is 0 Å². The zero-order valence-corrected chi connectivity index (χ0v) is 7.04. The maximum absolute atomic E-state index is 10.6. The second-order valence-electron chi connectivity index (χ2n) is 2.60. The molecule has 0 saturated carbocycles. The number of H-pyrrole nitrogens is 1. The van der Waals surface area contributed by atoms with E-state index < -0.39 is 4.92 Å². The third-order valence-corrected chi connectivity index (χ3v) is 1.75. The number of pyridine rings is 1. The summed E-state index contributed by atoms with van der Waals surface area (Å²) in [7, 11) is 0. The first-order chi connectivity index (χ1) is 6.79. The summed E-state index contributed by atoms with van der Waals surface area (Å²) >= 11 is 0. The number of hydrogen-bond donors (Lipinski definition) is 1. The quantitative estimate of drug-likeness (QED) is 0.572. The molecule has 70 valence electrons. The molecule has 0 aliphatic rings. The molecule has 0 spiro atoms. The minimum atomic E-state index is -0.518. The summed E-state index contributed by atoms with van der Waals surface area (Å²) in [5.74, 6) is -0.170. The summed E-state index contributed by atoms with van der Waals surface area (Å²) in [6.45, 7) is 0. The van der Waals surface area contributed by atoms with E-state index >= 15 is 0 Å². The minimum Gasteiger partial charge on any atom is -0.358 e. The van der Waals surface area contributed by atoms with Gasteiger partial charge >= 0.3 is 5.82 Å². The summed E-state index contributed by atoms with van der Waals surface area (Å²) in [6, 6.07) is 4.92. The number of nitrogens with zero attached hydrogens (tertiary/aromatic N) is 3. The Morgan fingerprint density at radius 3 is 2.86 bits per heavy atom. The van der Waals surface area contributed by atoms with Crippen LogP contribution in [0.5, 0.6) is 0 Å². The molecule has 0 radical (unpaired) electrons. The van der Waals surface area contributed by atoms with E-state index in [2.05, 4.69) is 15.2 Å². The van der Waals surface area contributed by atoms with E-state index in [-0.39, 0.29) is 5.82 Å². The Morgan fingerprint density at radius 2 is 2.21 bits per heavy atom. The molecular weight excluding hydrogens is 184 g/mol. The molecule has 0 aliphatic carbocycles. The van der Waals surface area contributed by atoms with Crippen LogP contribution in [0.4, 0.5) is 5.82 Å². The Morgan fingerprint density at radius 1 is 1.36 bits per heavy atom. The fraction of sp³-hybridized carbons (Fsp3) is 0. The van der Waals surface area contributed by atoms with Crippen LogP contribution in [-0.4, -0.2) is 20.1 Å². The van der Waals surface area contributed by atoms with Gasteiger partial charge in [0, 0.05) is 6.20 Å². The summed E-state index contributed by atoms with van der Waals surface area (Å²) < 4.78 is 0. The Hall–Kier alpha value is -2.24. The fourth-order valence-electron chi connectivity index (χ4n) is 1.16. The molecule has 0 bridgehead atoms. The second-order valence-corrected chi connectivity index (χ2v) is 2.60. The van der Waals surface area contributed by atoms with Gasteiger partial charge in [-0.3, -0.25) is 5.10 Å². The van der Waals surface area contributed by atoms with Gasteiger partial charge in [0.05, 0.1) is 11.3 Å². The van der Waals surface area contributed by atoms with E-state index in [1.165, 1.54) is 12.4 Å². The molecule has 2 heterocycles. The Balaban J connectivity index is 2.58. The van der Waals surface area contributed by atoms with Gasteiger partial charge in [0.2, 0.25) is 0 Å². The molecule has 2 rings (SSSR count). The minimum absolute atomic E-state index is 0.170. The Labute approximate surface area is 78.8 Å². The normalized spacial score (nSPS) is 10.0. The number of aromatic amines is 1. The predicted octanol–water partition coefficient (Wildman–Crippen LogP) is 1.38. The number of rotatable bonds is 2. The van der Waals surface area contributed by atoms with Crippen LogP contribution < -0.4 is 0 Å². The van der Waals surface area contributed by atoms with E-state index in [9.17, 15) is 10.1 Å². The molecule has 0 saturated heterocycles. The van der Waals surface area contributed by atoms with Crippen LogP contribution in [0.25, 0.3) is 11.3 Å². The van der Waals surface area contributed by atoms with Crippen molar-refractivity contribution in [3.8, 4) is 11.3 Å². The molecule has 0 aliphatic heterocycles. The predicted molar refractivity (Wildman–Crippen MR) is 48.5 cm³/mol. The van der Waals surface area contributed by atoms with E-state index in [4.69, 9.17) is 0 Å². The number of aromatic nitrogens is 3. The van der Waals surface area contributed by atoms with E-state index in [0.717, 1.165) is 0 Å². The van der Waals surface area contributed by atoms with Gasteiger partial charge < -0.3 is 10.1 Å². The summed E-state index contributed by atoms with van der Waals surface area (Å²) in [5, 5.41) is 17.0. The first-order valence-electron chi connectivity index (χ1n) is 3.88. The molecule has 0 aromatic carbocycles. The molecule has 0 atom stereocenters. The van der Waals surface area contributed by atoms with Crippen molar-refractivity contribution in [3.05, 3.63) is 40.7 Å². The monoisotopic (exact) mass is 190 g/mol. The maximum atomic E-state index is 10.6. The molecule has 0 unspecified atom stereocenters. The van der Waals surface area contributed by atoms with Crippen molar-refractivity contribution >= 4 is 5.82 Å². The zero-order valence-electron chi connectivity index (χ0n) is 7.04. The highest BCUT2D eigenvalue weighted by Crippen LogP contribution is 2.24. The largest absolute Gasteiger partial charge is 0.372 e. The van der Waals surface area contributed by atoms with Gasteiger partial charge in [-0.1, -0.05) is 0 Å². The zero-order chi connectivity index (χ0) is 9.97. The van der Waals surface area contributed by atoms with Gasteiger partial charge in [0.15, 0.2) is 0 Å². The molecule has 6 nitrogen and oxygen atoms in total.